The molecule has 0 saturated heterocycles. The summed E-state index contributed by atoms with van der Waals surface area (Å²) in [7, 11) is 0. The van der Waals surface area contributed by atoms with Gasteiger partial charge >= 0.3 is 0 Å². The Morgan fingerprint density at radius 1 is 1.32 bits per heavy atom. The van der Waals surface area contributed by atoms with E-state index >= 15 is 0 Å². The zero-order valence-corrected chi connectivity index (χ0v) is 17.5. The van der Waals surface area contributed by atoms with Crippen LogP contribution in [0.2, 0.25) is 5.02 Å². The van der Waals surface area contributed by atoms with Crippen molar-refractivity contribution in [2.45, 2.75) is 24.6 Å². The van der Waals surface area contributed by atoms with E-state index < -0.39 is 10.8 Å². The van der Waals surface area contributed by atoms with Crippen LogP contribution < -0.4 is 10.6 Å². The molecular weight excluding hydrogens is 446 g/mol. The van der Waals surface area contributed by atoms with Gasteiger partial charge in [-0.3, -0.25) is 19.7 Å². The molecule has 4 rings (SSSR count). The Hall–Kier alpha value is -3.31. The number of carbonyl (C=O) groups excluding carboxylic acids is 2. The van der Waals surface area contributed by atoms with E-state index in [0.29, 0.717) is 23.1 Å². The largest absolute Gasteiger partial charge is 0.467 e. The molecule has 0 fully saturated rings. The third kappa shape index (κ3) is 4.57. The molecule has 3 aromatic rings. The predicted octanol–water partition coefficient (Wildman–Crippen LogP) is 3.35. The summed E-state index contributed by atoms with van der Waals surface area (Å²) >= 11 is 7.56. The first kappa shape index (κ1) is 20.9. The van der Waals surface area contributed by atoms with E-state index in [2.05, 4.69) is 15.7 Å². The van der Waals surface area contributed by atoms with Gasteiger partial charge in [-0.25, -0.2) is 4.68 Å². The number of aromatic nitrogens is 2. The molecule has 0 saturated carbocycles. The SMILES string of the molecule is O=C(Cn1nc2c(c1NC(=O)c1cc(Cl)ccc1[N+](=O)[O-])CSC2)NCc1ccco1. The van der Waals surface area contributed by atoms with Gasteiger partial charge in [-0.15, -0.1) is 0 Å². The van der Waals surface area contributed by atoms with Gasteiger partial charge in [0.15, 0.2) is 0 Å². The first-order chi connectivity index (χ1) is 14.9. The van der Waals surface area contributed by atoms with Crippen LogP contribution in [0.3, 0.4) is 0 Å². The predicted molar refractivity (Wildman–Crippen MR) is 114 cm³/mol. The maximum absolute atomic E-state index is 12.9. The average molecular weight is 462 g/mol. The molecule has 2 aromatic heterocycles. The van der Waals surface area contributed by atoms with E-state index in [1.54, 1.807) is 23.9 Å². The van der Waals surface area contributed by atoms with Crippen molar-refractivity contribution in [2.24, 2.45) is 0 Å². The smallest absolute Gasteiger partial charge is 0.282 e. The number of halogens is 1. The van der Waals surface area contributed by atoms with Crippen molar-refractivity contribution in [3.8, 4) is 0 Å². The molecule has 10 nitrogen and oxygen atoms in total. The lowest BCUT2D eigenvalue weighted by atomic mass is 10.1. The van der Waals surface area contributed by atoms with Crippen molar-refractivity contribution >= 4 is 46.7 Å². The molecule has 2 N–H and O–H groups in total. The summed E-state index contributed by atoms with van der Waals surface area (Å²) in [5.41, 5.74) is 1.02. The highest BCUT2D eigenvalue weighted by Crippen LogP contribution is 2.35. The molecule has 31 heavy (non-hydrogen) atoms. The number of nitro groups is 1. The van der Waals surface area contributed by atoms with Crippen molar-refractivity contribution in [1.82, 2.24) is 15.1 Å². The van der Waals surface area contributed by atoms with Gasteiger partial charge in [0.25, 0.3) is 11.6 Å². The van der Waals surface area contributed by atoms with Crippen LogP contribution in [0.15, 0.2) is 41.0 Å². The molecule has 0 radical (unpaired) electrons. The Kier molecular flexibility index (Phi) is 5.96. The van der Waals surface area contributed by atoms with Crippen LogP contribution in [0, 0.1) is 10.1 Å². The molecular formula is C19H16ClN5O5S. The fourth-order valence-corrected chi connectivity index (χ4v) is 4.34. The number of thioether (sulfide) groups is 1. The summed E-state index contributed by atoms with van der Waals surface area (Å²) in [6, 6.07) is 7.22. The third-order valence-electron chi connectivity index (χ3n) is 4.58. The van der Waals surface area contributed by atoms with Gasteiger partial charge in [0, 0.05) is 28.2 Å². The van der Waals surface area contributed by atoms with Gasteiger partial charge in [0.2, 0.25) is 5.91 Å². The van der Waals surface area contributed by atoms with Crippen molar-refractivity contribution < 1.29 is 18.9 Å². The second kappa shape index (κ2) is 8.82. The Bertz CT molecular complexity index is 1160. The summed E-state index contributed by atoms with van der Waals surface area (Å²) in [6.45, 7) is 0.0880. The van der Waals surface area contributed by atoms with E-state index in [-0.39, 0.29) is 35.3 Å². The molecule has 0 bridgehead atoms. The molecule has 0 unspecified atom stereocenters. The number of carbonyl (C=O) groups is 2. The second-order valence-corrected chi connectivity index (χ2v) is 8.08. The number of fused-ring (bicyclic) bond motifs is 1. The van der Waals surface area contributed by atoms with E-state index in [1.165, 1.54) is 29.1 Å². The van der Waals surface area contributed by atoms with E-state index in [1.807, 2.05) is 0 Å². The molecule has 0 aliphatic carbocycles. The molecule has 2 amide bonds. The summed E-state index contributed by atoms with van der Waals surface area (Å²) in [6.07, 6.45) is 1.51. The Morgan fingerprint density at radius 3 is 2.90 bits per heavy atom. The van der Waals surface area contributed by atoms with Crippen LogP contribution in [0.1, 0.15) is 27.4 Å². The highest BCUT2D eigenvalue weighted by Gasteiger charge is 2.27. The number of anilines is 1. The van der Waals surface area contributed by atoms with Gasteiger partial charge in [0.05, 0.1) is 23.4 Å². The molecule has 0 atom stereocenters. The average Bonchev–Trinajstić information content (AvgIpc) is 3.46. The number of nitro benzene ring substituents is 1. The molecule has 0 spiro atoms. The topological polar surface area (TPSA) is 132 Å². The molecule has 1 aliphatic rings. The first-order valence-corrected chi connectivity index (χ1v) is 10.7. The number of benzene rings is 1. The molecule has 160 valence electrons. The minimum Gasteiger partial charge on any atom is -0.467 e. The van der Waals surface area contributed by atoms with Crippen LogP contribution in [0.4, 0.5) is 11.5 Å². The number of hydrogen-bond acceptors (Lipinski definition) is 7. The van der Waals surface area contributed by atoms with Crippen LogP contribution in [0.5, 0.6) is 0 Å². The monoisotopic (exact) mass is 461 g/mol. The lowest BCUT2D eigenvalue weighted by Crippen LogP contribution is -2.28. The van der Waals surface area contributed by atoms with E-state index in [9.17, 15) is 19.7 Å². The summed E-state index contributed by atoms with van der Waals surface area (Å²) in [4.78, 5) is 35.9. The van der Waals surface area contributed by atoms with E-state index in [4.69, 9.17) is 16.0 Å². The number of furan rings is 1. The van der Waals surface area contributed by atoms with Crippen molar-refractivity contribution in [2.75, 3.05) is 5.32 Å². The summed E-state index contributed by atoms with van der Waals surface area (Å²) in [5.74, 6) is 1.18. The van der Waals surface area contributed by atoms with Crippen LogP contribution >= 0.6 is 23.4 Å². The minimum atomic E-state index is -0.703. The molecule has 1 aromatic carbocycles. The fraction of sp³-hybridized carbons (Fsp3) is 0.211. The molecule has 3 heterocycles. The van der Waals surface area contributed by atoms with Crippen LogP contribution in [0.25, 0.3) is 0 Å². The highest BCUT2D eigenvalue weighted by molar-refractivity contribution is 7.98. The molecule has 12 heteroatoms. The quantitative estimate of drug-likeness (QED) is 0.407. The van der Waals surface area contributed by atoms with Crippen molar-refractivity contribution in [3.63, 3.8) is 0 Å². The number of rotatable bonds is 7. The Balaban J connectivity index is 1.56. The standard InChI is InChI=1S/C19H16ClN5O5S/c20-11-3-4-16(25(28)29)13(6-11)19(27)22-18-14-9-31-10-15(14)23-24(18)8-17(26)21-7-12-2-1-5-30-12/h1-6H,7-10H2,(H,21,26)(H,22,27). The van der Waals surface area contributed by atoms with Gasteiger partial charge in [0.1, 0.15) is 23.7 Å². The van der Waals surface area contributed by atoms with E-state index in [0.717, 1.165) is 11.3 Å². The van der Waals surface area contributed by atoms with Gasteiger partial charge in [-0.2, -0.15) is 16.9 Å². The third-order valence-corrected chi connectivity index (χ3v) is 5.79. The zero-order chi connectivity index (χ0) is 22.0. The van der Waals surface area contributed by atoms with Gasteiger partial charge in [-0.1, -0.05) is 11.6 Å². The number of nitrogens with zero attached hydrogens (tertiary/aromatic N) is 3. The first-order valence-electron chi connectivity index (χ1n) is 9.13. The normalized spacial score (nSPS) is 12.4. The second-order valence-electron chi connectivity index (χ2n) is 6.65. The number of amides is 2. The van der Waals surface area contributed by atoms with Gasteiger partial charge < -0.3 is 15.1 Å². The lowest BCUT2D eigenvalue weighted by Gasteiger charge is -2.11. The minimum absolute atomic E-state index is 0.133. The van der Waals surface area contributed by atoms with Crippen LogP contribution in [-0.2, 0) is 29.4 Å². The fourth-order valence-electron chi connectivity index (χ4n) is 3.14. The molecule has 1 aliphatic heterocycles. The Labute approximate surface area is 185 Å². The number of hydrogen-bond donors (Lipinski definition) is 2. The number of nitrogens with one attached hydrogen (secondary N) is 2. The van der Waals surface area contributed by atoms with Crippen molar-refractivity contribution in [3.05, 3.63) is 74.3 Å². The Morgan fingerprint density at radius 2 is 2.16 bits per heavy atom. The maximum atomic E-state index is 12.9. The lowest BCUT2D eigenvalue weighted by molar-refractivity contribution is -0.385. The van der Waals surface area contributed by atoms with Crippen molar-refractivity contribution in [1.29, 1.82) is 0 Å². The summed E-state index contributed by atoms with van der Waals surface area (Å²) in [5, 5.41) is 21.4. The maximum Gasteiger partial charge on any atom is 0.282 e. The summed E-state index contributed by atoms with van der Waals surface area (Å²) < 4.78 is 6.59. The van der Waals surface area contributed by atoms with Gasteiger partial charge in [-0.05, 0) is 24.3 Å². The highest BCUT2D eigenvalue weighted by atomic mass is 35.5. The zero-order valence-electron chi connectivity index (χ0n) is 16.0. The van der Waals surface area contributed by atoms with Crippen LogP contribution in [-0.4, -0.2) is 26.5 Å².